The first-order valence-electron chi connectivity index (χ1n) is 8.94. The van der Waals surface area contributed by atoms with Crippen LogP contribution in [0.15, 0.2) is 42.5 Å². The zero-order valence-electron chi connectivity index (χ0n) is 16.6. The van der Waals surface area contributed by atoms with Gasteiger partial charge in [-0.05, 0) is 42.3 Å². The highest BCUT2D eigenvalue weighted by Gasteiger charge is 2.11. The fourth-order valence-electron chi connectivity index (χ4n) is 2.55. The quantitative estimate of drug-likeness (QED) is 0.626. The lowest BCUT2D eigenvalue weighted by atomic mass is 10.1. The molecule has 8 heteroatoms. The van der Waals surface area contributed by atoms with Crippen molar-refractivity contribution >= 4 is 23.5 Å². The zero-order chi connectivity index (χ0) is 21.2. The number of aryl methyl sites for hydroxylation is 1. The second-order valence-electron chi connectivity index (χ2n) is 6.09. The van der Waals surface area contributed by atoms with Crippen molar-refractivity contribution in [2.75, 3.05) is 33.2 Å². The van der Waals surface area contributed by atoms with Gasteiger partial charge in [-0.15, -0.1) is 0 Å². The maximum Gasteiger partial charge on any atom is 0.306 e. The molecule has 2 N–H and O–H groups in total. The van der Waals surface area contributed by atoms with Gasteiger partial charge in [0.25, 0.3) is 11.8 Å². The maximum atomic E-state index is 12.0. The Kier molecular flexibility index (Phi) is 8.02. The van der Waals surface area contributed by atoms with Crippen LogP contribution in [0.4, 0.5) is 5.69 Å². The van der Waals surface area contributed by atoms with Crippen molar-refractivity contribution in [2.45, 2.75) is 12.8 Å². The molecule has 154 valence electrons. The van der Waals surface area contributed by atoms with Crippen LogP contribution in [0.2, 0.25) is 0 Å². The van der Waals surface area contributed by atoms with Crippen LogP contribution in [0.5, 0.6) is 11.5 Å². The number of benzene rings is 2. The molecule has 0 spiro atoms. The minimum atomic E-state index is -0.499. The Hall–Kier alpha value is -3.55. The minimum absolute atomic E-state index is 0.107. The topological polar surface area (TPSA) is 103 Å². The van der Waals surface area contributed by atoms with Crippen LogP contribution in [0.3, 0.4) is 0 Å². The van der Waals surface area contributed by atoms with Crippen LogP contribution in [-0.2, 0) is 20.7 Å². The molecule has 0 aromatic heterocycles. The summed E-state index contributed by atoms with van der Waals surface area (Å²) in [6, 6.07) is 11.8. The second kappa shape index (κ2) is 10.7. The first-order chi connectivity index (χ1) is 13.9. The monoisotopic (exact) mass is 400 g/mol. The van der Waals surface area contributed by atoms with E-state index in [-0.39, 0.29) is 12.3 Å². The summed E-state index contributed by atoms with van der Waals surface area (Å²) in [5.41, 5.74) is 1.71. The first-order valence-corrected chi connectivity index (χ1v) is 8.94. The lowest BCUT2D eigenvalue weighted by Gasteiger charge is -2.09. The molecule has 0 aliphatic carbocycles. The van der Waals surface area contributed by atoms with Crippen molar-refractivity contribution in [1.82, 2.24) is 5.32 Å². The van der Waals surface area contributed by atoms with E-state index in [1.165, 1.54) is 13.1 Å². The summed E-state index contributed by atoms with van der Waals surface area (Å²) in [5, 5.41) is 5.10. The number of anilines is 1. The SMILES string of the molecule is CNC(=O)c1cccc(NC(=O)COC(=O)CCc2cc(OC)cc(OC)c2)c1. The Labute approximate surface area is 169 Å². The van der Waals surface area contributed by atoms with Gasteiger partial charge in [0.15, 0.2) is 6.61 Å². The van der Waals surface area contributed by atoms with E-state index in [1.807, 2.05) is 12.1 Å². The molecule has 0 unspecified atom stereocenters. The van der Waals surface area contributed by atoms with Gasteiger partial charge in [-0.1, -0.05) is 6.07 Å². The largest absolute Gasteiger partial charge is 0.497 e. The molecule has 2 amide bonds. The summed E-state index contributed by atoms with van der Waals surface area (Å²) in [4.78, 5) is 35.6. The number of carbonyl (C=O) groups is 3. The van der Waals surface area contributed by atoms with Crippen LogP contribution < -0.4 is 20.1 Å². The molecule has 0 heterocycles. The van der Waals surface area contributed by atoms with Crippen molar-refractivity contribution in [3.63, 3.8) is 0 Å². The van der Waals surface area contributed by atoms with Crippen molar-refractivity contribution in [2.24, 2.45) is 0 Å². The lowest BCUT2D eigenvalue weighted by molar-refractivity contribution is -0.147. The van der Waals surface area contributed by atoms with Crippen LogP contribution in [0.25, 0.3) is 0 Å². The molecule has 0 radical (unpaired) electrons. The van der Waals surface area contributed by atoms with Gasteiger partial charge in [0.05, 0.1) is 14.2 Å². The Morgan fingerprint density at radius 3 is 2.28 bits per heavy atom. The summed E-state index contributed by atoms with van der Waals surface area (Å²) in [7, 11) is 4.63. The molecule has 0 saturated heterocycles. The molecule has 2 aromatic rings. The van der Waals surface area contributed by atoms with E-state index in [4.69, 9.17) is 14.2 Å². The average Bonchev–Trinajstić information content (AvgIpc) is 2.75. The van der Waals surface area contributed by atoms with Gasteiger partial charge < -0.3 is 24.8 Å². The normalized spacial score (nSPS) is 10.0. The molecule has 2 rings (SSSR count). The van der Waals surface area contributed by atoms with Gasteiger partial charge in [-0.3, -0.25) is 14.4 Å². The van der Waals surface area contributed by atoms with E-state index < -0.39 is 18.5 Å². The number of ether oxygens (including phenoxy) is 3. The van der Waals surface area contributed by atoms with Crippen LogP contribution in [-0.4, -0.2) is 45.7 Å². The average molecular weight is 400 g/mol. The molecule has 29 heavy (non-hydrogen) atoms. The minimum Gasteiger partial charge on any atom is -0.497 e. The molecular weight excluding hydrogens is 376 g/mol. The molecular formula is C21H24N2O6. The Morgan fingerprint density at radius 2 is 1.66 bits per heavy atom. The Balaban J connectivity index is 1.82. The van der Waals surface area contributed by atoms with E-state index in [1.54, 1.807) is 38.5 Å². The van der Waals surface area contributed by atoms with Gasteiger partial charge >= 0.3 is 5.97 Å². The highest BCUT2D eigenvalue weighted by molar-refractivity contribution is 5.97. The van der Waals surface area contributed by atoms with E-state index in [2.05, 4.69) is 10.6 Å². The third kappa shape index (κ3) is 6.84. The van der Waals surface area contributed by atoms with Gasteiger partial charge in [0.2, 0.25) is 0 Å². The molecule has 0 bridgehead atoms. The predicted molar refractivity (Wildman–Crippen MR) is 107 cm³/mol. The Morgan fingerprint density at radius 1 is 0.966 bits per heavy atom. The summed E-state index contributed by atoms with van der Waals surface area (Å²) in [5.74, 6) is 0.00960. The van der Waals surface area contributed by atoms with E-state index in [0.717, 1.165) is 5.56 Å². The number of carbonyl (C=O) groups excluding carboxylic acids is 3. The fraction of sp³-hybridized carbons (Fsp3) is 0.286. The maximum absolute atomic E-state index is 12.0. The number of rotatable bonds is 9. The van der Waals surface area contributed by atoms with Gasteiger partial charge in [-0.2, -0.15) is 0 Å². The van der Waals surface area contributed by atoms with Crippen LogP contribution >= 0.6 is 0 Å². The molecule has 0 aliphatic heterocycles. The van der Waals surface area contributed by atoms with Crippen molar-refractivity contribution in [1.29, 1.82) is 0 Å². The molecule has 0 saturated carbocycles. The van der Waals surface area contributed by atoms with Crippen molar-refractivity contribution in [3.8, 4) is 11.5 Å². The number of methoxy groups -OCH3 is 2. The van der Waals surface area contributed by atoms with Gasteiger partial charge in [-0.25, -0.2) is 0 Å². The predicted octanol–water partition coefficient (Wildman–Crippen LogP) is 2.18. The van der Waals surface area contributed by atoms with Crippen LogP contribution in [0.1, 0.15) is 22.3 Å². The number of hydrogen-bond acceptors (Lipinski definition) is 6. The van der Waals surface area contributed by atoms with Crippen molar-refractivity contribution < 1.29 is 28.6 Å². The van der Waals surface area contributed by atoms with E-state index >= 15 is 0 Å². The fourth-order valence-corrected chi connectivity index (χ4v) is 2.55. The molecule has 0 aliphatic rings. The molecule has 0 fully saturated rings. The van der Waals surface area contributed by atoms with Gasteiger partial charge in [0, 0.05) is 30.8 Å². The third-order valence-electron chi connectivity index (χ3n) is 4.03. The molecule has 8 nitrogen and oxygen atoms in total. The lowest BCUT2D eigenvalue weighted by Crippen LogP contribution is -2.22. The van der Waals surface area contributed by atoms with E-state index in [9.17, 15) is 14.4 Å². The third-order valence-corrected chi connectivity index (χ3v) is 4.03. The standard InChI is InChI=1S/C21H24N2O6/c1-22-21(26)15-5-4-6-16(11-15)23-19(24)13-29-20(25)8-7-14-9-17(27-2)12-18(10-14)28-3/h4-6,9-12H,7-8,13H2,1-3H3,(H,22,26)(H,23,24). The molecule has 0 atom stereocenters. The van der Waals surface area contributed by atoms with Gasteiger partial charge in [0.1, 0.15) is 11.5 Å². The number of nitrogens with one attached hydrogen (secondary N) is 2. The van der Waals surface area contributed by atoms with Crippen molar-refractivity contribution in [3.05, 3.63) is 53.6 Å². The number of hydrogen-bond donors (Lipinski definition) is 2. The highest BCUT2D eigenvalue weighted by Crippen LogP contribution is 2.23. The number of amides is 2. The smallest absolute Gasteiger partial charge is 0.306 e. The number of esters is 1. The summed E-state index contributed by atoms with van der Waals surface area (Å²) >= 11 is 0. The highest BCUT2D eigenvalue weighted by atomic mass is 16.5. The summed E-state index contributed by atoms with van der Waals surface area (Å²) < 4.78 is 15.4. The zero-order valence-corrected chi connectivity index (χ0v) is 16.6. The summed E-state index contributed by atoms with van der Waals surface area (Å²) in [6.45, 7) is -0.412. The second-order valence-corrected chi connectivity index (χ2v) is 6.09. The molecule has 2 aromatic carbocycles. The summed E-state index contributed by atoms with van der Waals surface area (Å²) in [6.07, 6.45) is 0.526. The van der Waals surface area contributed by atoms with Crippen LogP contribution in [0, 0.1) is 0 Å². The Bertz CT molecular complexity index is 859. The van der Waals surface area contributed by atoms with E-state index in [0.29, 0.717) is 29.2 Å². The first kappa shape index (κ1) is 21.7.